The Bertz CT molecular complexity index is 604. The lowest BCUT2D eigenvalue weighted by atomic mass is 10.2. The zero-order valence-corrected chi connectivity index (χ0v) is 9.69. The molecule has 0 atom stereocenters. The van der Waals surface area contributed by atoms with Crippen molar-refractivity contribution in [3.05, 3.63) is 35.0 Å². The second kappa shape index (κ2) is 4.47. The molecule has 6 heteroatoms. The molecule has 0 saturated heterocycles. The summed E-state index contributed by atoms with van der Waals surface area (Å²) in [5.41, 5.74) is 5.69. The predicted molar refractivity (Wildman–Crippen MR) is 64.0 cm³/mol. The fourth-order valence-corrected chi connectivity index (χ4v) is 1.61. The highest BCUT2D eigenvalue weighted by Crippen LogP contribution is 2.23. The number of hydrogen-bond acceptors (Lipinski definition) is 4. The fourth-order valence-electron chi connectivity index (χ4n) is 1.43. The maximum absolute atomic E-state index is 11.2. The standard InChI is InChI=1S/C11H9ClN2O3/c1-16-14-10(11(13)15)9-5-6-4-7(12)2-3-8(6)17-9/h2-5H,1H3,(H2,13,15)/b14-10+. The molecule has 0 saturated carbocycles. The van der Waals surface area contributed by atoms with Crippen molar-refractivity contribution in [1.29, 1.82) is 0 Å². The largest absolute Gasteiger partial charge is 0.454 e. The van der Waals surface area contributed by atoms with Crippen molar-refractivity contribution in [2.45, 2.75) is 0 Å². The van der Waals surface area contributed by atoms with Crippen molar-refractivity contribution in [2.24, 2.45) is 10.9 Å². The monoisotopic (exact) mass is 252 g/mol. The van der Waals surface area contributed by atoms with Crippen LogP contribution in [0.1, 0.15) is 5.76 Å². The van der Waals surface area contributed by atoms with Crippen molar-refractivity contribution in [2.75, 3.05) is 7.11 Å². The van der Waals surface area contributed by atoms with Gasteiger partial charge in [0.05, 0.1) is 0 Å². The van der Waals surface area contributed by atoms with Gasteiger partial charge in [-0.15, -0.1) is 0 Å². The summed E-state index contributed by atoms with van der Waals surface area (Å²) >= 11 is 5.84. The Morgan fingerprint density at radius 3 is 2.88 bits per heavy atom. The van der Waals surface area contributed by atoms with Crippen LogP contribution in [0.3, 0.4) is 0 Å². The number of amides is 1. The molecular weight excluding hydrogens is 244 g/mol. The number of carbonyl (C=O) groups excluding carboxylic acids is 1. The lowest BCUT2D eigenvalue weighted by Crippen LogP contribution is -2.24. The molecule has 17 heavy (non-hydrogen) atoms. The molecule has 0 spiro atoms. The summed E-state index contributed by atoms with van der Waals surface area (Å²) in [7, 11) is 1.32. The van der Waals surface area contributed by atoms with Crippen molar-refractivity contribution in [1.82, 2.24) is 0 Å². The van der Waals surface area contributed by atoms with Crippen LogP contribution < -0.4 is 5.73 Å². The van der Waals surface area contributed by atoms with E-state index in [4.69, 9.17) is 21.8 Å². The Morgan fingerprint density at radius 1 is 1.47 bits per heavy atom. The first kappa shape index (κ1) is 11.5. The highest BCUT2D eigenvalue weighted by molar-refractivity contribution is 6.44. The second-order valence-corrected chi connectivity index (χ2v) is 3.72. The van der Waals surface area contributed by atoms with Gasteiger partial charge in [-0.3, -0.25) is 4.79 Å². The number of carbonyl (C=O) groups is 1. The number of halogens is 1. The number of benzene rings is 1. The first-order valence-corrected chi connectivity index (χ1v) is 5.10. The highest BCUT2D eigenvalue weighted by atomic mass is 35.5. The van der Waals surface area contributed by atoms with Gasteiger partial charge in [0.25, 0.3) is 5.91 Å². The Kier molecular flexibility index (Phi) is 3.01. The number of oxime groups is 1. The third kappa shape index (κ3) is 2.24. The molecule has 5 nitrogen and oxygen atoms in total. The molecule has 0 radical (unpaired) electrons. The normalized spacial score (nSPS) is 11.8. The molecule has 2 aromatic rings. The fraction of sp³-hybridized carbons (Fsp3) is 0.0909. The van der Waals surface area contributed by atoms with Crippen molar-refractivity contribution < 1.29 is 14.0 Å². The summed E-state index contributed by atoms with van der Waals surface area (Å²) in [4.78, 5) is 15.7. The van der Waals surface area contributed by atoms with E-state index in [1.54, 1.807) is 24.3 Å². The third-order valence-corrected chi connectivity index (χ3v) is 2.36. The van der Waals surface area contributed by atoms with Gasteiger partial charge in [0.1, 0.15) is 12.7 Å². The molecule has 2 rings (SSSR count). The molecule has 0 fully saturated rings. The van der Waals surface area contributed by atoms with Gasteiger partial charge >= 0.3 is 0 Å². The Hall–Kier alpha value is -2.01. The second-order valence-electron chi connectivity index (χ2n) is 3.28. The molecule has 0 aliphatic carbocycles. The minimum atomic E-state index is -0.725. The average molecular weight is 253 g/mol. The van der Waals surface area contributed by atoms with Crippen LogP contribution in [0.5, 0.6) is 0 Å². The van der Waals surface area contributed by atoms with E-state index in [0.29, 0.717) is 10.6 Å². The van der Waals surface area contributed by atoms with Crippen LogP contribution >= 0.6 is 11.6 Å². The Balaban J connectivity index is 2.55. The van der Waals surface area contributed by atoms with Gasteiger partial charge in [-0.05, 0) is 24.3 Å². The molecule has 1 amide bonds. The number of hydrogen-bond donors (Lipinski definition) is 1. The SMILES string of the molecule is CO/N=C(/C(N)=O)c1cc2cc(Cl)ccc2o1. The van der Waals surface area contributed by atoms with Crippen molar-refractivity contribution >= 4 is 34.2 Å². The number of fused-ring (bicyclic) bond motifs is 1. The summed E-state index contributed by atoms with van der Waals surface area (Å²) in [6.07, 6.45) is 0. The number of primary amides is 1. The van der Waals surface area contributed by atoms with Gasteiger partial charge in [0.15, 0.2) is 5.76 Å². The molecular formula is C11H9ClN2O3. The van der Waals surface area contributed by atoms with E-state index >= 15 is 0 Å². The van der Waals surface area contributed by atoms with Crippen molar-refractivity contribution in [3.63, 3.8) is 0 Å². The molecule has 0 unspecified atom stereocenters. The summed E-state index contributed by atoms with van der Waals surface area (Å²) in [6.45, 7) is 0. The van der Waals surface area contributed by atoms with E-state index < -0.39 is 5.91 Å². The number of furan rings is 1. The van der Waals surface area contributed by atoms with E-state index in [1.807, 2.05) is 0 Å². The van der Waals surface area contributed by atoms with E-state index in [-0.39, 0.29) is 11.5 Å². The summed E-state index contributed by atoms with van der Waals surface area (Å²) in [6, 6.07) is 6.74. The topological polar surface area (TPSA) is 77.8 Å². The van der Waals surface area contributed by atoms with Gasteiger partial charge in [0.2, 0.25) is 5.71 Å². The first-order valence-electron chi connectivity index (χ1n) is 4.72. The smallest absolute Gasteiger partial charge is 0.274 e. The quantitative estimate of drug-likeness (QED) is 0.670. The zero-order chi connectivity index (χ0) is 12.4. The van der Waals surface area contributed by atoms with E-state index in [9.17, 15) is 4.79 Å². The molecule has 1 heterocycles. The average Bonchev–Trinajstić information content (AvgIpc) is 2.67. The first-order chi connectivity index (χ1) is 8.11. The maximum Gasteiger partial charge on any atom is 0.274 e. The lowest BCUT2D eigenvalue weighted by molar-refractivity contribution is -0.112. The van der Waals surface area contributed by atoms with Gasteiger partial charge in [-0.2, -0.15) is 0 Å². The number of rotatable bonds is 3. The third-order valence-electron chi connectivity index (χ3n) is 2.13. The molecule has 0 aliphatic rings. The summed E-state index contributed by atoms with van der Waals surface area (Å²) in [5, 5.41) is 4.87. The predicted octanol–water partition coefficient (Wildman–Crippen LogP) is 1.92. The molecule has 88 valence electrons. The van der Waals surface area contributed by atoms with Gasteiger partial charge in [-0.25, -0.2) is 0 Å². The van der Waals surface area contributed by atoms with Crippen LogP contribution in [0.15, 0.2) is 33.8 Å². The van der Waals surface area contributed by atoms with Crippen LogP contribution in [0, 0.1) is 0 Å². The molecule has 0 bridgehead atoms. The summed E-state index contributed by atoms with van der Waals surface area (Å²) in [5.74, 6) is -0.478. The number of nitrogens with two attached hydrogens (primary N) is 1. The van der Waals surface area contributed by atoms with Crippen LogP contribution in [0.25, 0.3) is 11.0 Å². The van der Waals surface area contributed by atoms with Gasteiger partial charge in [-0.1, -0.05) is 16.8 Å². The Labute approximate surface area is 102 Å². The van der Waals surface area contributed by atoms with Gasteiger partial charge in [0, 0.05) is 10.4 Å². The van der Waals surface area contributed by atoms with Crippen LogP contribution in [0.2, 0.25) is 5.02 Å². The molecule has 0 aliphatic heterocycles. The van der Waals surface area contributed by atoms with Crippen LogP contribution in [-0.2, 0) is 9.63 Å². The molecule has 2 N–H and O–H groups in total. The minimum absolute atomic E-state index is 0.0696. The zero-order valence-electron chi connectivity index (χ0n) is 8.94. The van der Waals surface area contributed by atoms with Crippen molar-refractivity contribution in [3.8, 4) is 0 Å². The maximum atomic E-state index is 11.2. The lowest BCUT2D eigenvalue weighted by Gasteiger charge is -1.95. The molecule has 1 aromatic carbocycles. The highest BCUT2D eigenvalue weighted by Gasteiger charge is 2.16. The van der Waals surface area contributed by atoms with E-state index in [0.717, 1.165) is 5.39 Å². The van der Waals surface area contributed by atoms with Crippen LogP contribution in [0.4, 0.5) is 0 Å². The molecule has 1 aromatic heterocycles. The van der Waals surface area contributed by atoms with Crippen LogP contribution in [-0.4, -0.2) is 18.7 Å². The minimum Gasteiger partial charge on any atom is -0.454 e. The van der Waals surface area contributed by atoms with Gasteiger partial charge < -0.3 is 15.0 Å². The summed E-state index contributed by atoms with van der Waals surface area (Å²) < 4.78 is 5.43. The Morgan fingerprint density at radius 2 is 2.24 bits per heavy atom. The van der Waals surface area contributed by atoms with E-state index in [2.05, 4.69) is 9.99 Å². The van der Waals surface area contributed by atoms with E-state index in [1.165, 1.54) is 7.11 Å². The number of nitrogens with zero attached hydrogens (tertiary/aromatic N) is 1.